The first-order valence-electron chi connectivity index (χ1n) is 8.46. The Morgan fingerprint density at radius 2 is 1.90 bits per heavy atom. The van der Waals surface area contributed by atoms with Crippen LogP contribution in [0, 0.1) is 0 Å². The third kappa shape index (κ3) is 5.35. The number of nitrogens with zero attached hydrogens (tertiary/aromatic N) is 3. The summed E-state index contributed by atoms with van der Waals surface area (Å²) in [4.78, 5) is 12.9. The number of anilines is 2. The molecule has 3 rings (SSSR count). The molecule has 3 aromatic rings. The molecule has 0 saturated heterocycles. The molecule has 0 fully saturated rings. The van der Waals surface area contributed by atoms with E-state index in [2.05, 4.69) is 15.5 Å². The standard InChI is InChI=1S/C19H18Cl2N4O3S/c1-27-17-8-5-13(9-15(17)21)22-19-24-23-16(18(26)25(19)11-29-2)10-28-14-6-3-12(20)4-7-14/h3-9H,10-11H2,1-2H3,(H,22,24). The van der Waals surface area contributed by atoms with E-state index in [1.54, 1.807) is 49.6 Å². The first-order chi connectivity index (χ1) is 14.0. The fraction of sp³-hybridized carbons (Fsp3) is 0.211. The highest BCUT2D eigenvalue weighted by Crippen LogP contribution is 2.28. The van der Waals surface area contributed by atoms with Gasteiger partial charge in [-0.05, 0) is 48.7 Å². The van der Waals surface area contributed by atoms with Gasteiger partial charge in [0, 0.05) is 10.7 Å². The Kier molecular flexibility index (Phi) is 7.24. The van der Waals surface area contributed by atoms with E-state index in [4.69, 9.17) is 32.7 Å². The molecule has 0 saturated carbocycles. The summed E-state index contributed by atoms with van der Waals surface area (Å²) in [6, 6.07) is 12.1. The fourth-order valence-corrected chi connectivity index (χ4v) is 3.33. The van der Waals surface area contributed by atoms with Crippen LogP contribution >= 0.6 is 35.0 Å². The quantitative estimate of drug-likeness (QED) is 0.534. The van der Waals surface area contributed by atoms with Crippen molar-refractivity contribution in [1.82, 2.24) is 14.8 Å². The zero-order valence-corrected chi connectivity index (χ0v) is 18.0. The summed E-state index contributed by atoms with van der Waals surface area (Å²) < 4.78 is 12.3. The van der Waals surface area contributed by atoms with Crippen LogP contribution < -0.4 is 20.3 Å². The van der Waals surface area contributed by atoms with Gasteiger partial charge in [-0.15, -0.1) is 22.0 Å². The van der Waals surface area contributed by atoms with Gasteiger partial charge in [0.2, 0.25) is 5.95 Å². The molecule has 0 aliphatic heterocycles. The molecule has 1 heterocycles. The zero-order chi connectivity index (χ0) is 20.8. The van der Waals surface area contributed by atoms with E-state index in [0.717, 1.165) is 0 Å². The van der Waals surface area contributed by atoms with E-state index in [1.807, 2.05) is 6.26 Å². The maximum atomic E-state index is 12.9. The van der Waals surface area contributed by atoms with Crippen LogP contribution in [0.15, 0.2) is 47.3 Å². The smallest absolute Gasteiger partial charge is 0.281 e. The van der Waals surface area contributed by atoms with E-state index in [-0.39, 0.29) is 17.9 Å². The summed E-state index contributed by atoms with van der Waals surface area (Å²) in [6.45, 7) is -0.00348. The Morgan fingerprint density at radius 1 is 1.14 bits per heavy atom. The highest BCUT2D eigenvalue weighted by Gasteiger charge is 2.14. The molecule has 1 N–H and O–H groups in total. The Labute approximate surface area is 182 Å². The van der Waals surface area contributed by atoms with Crippen LogP contribution in [-0.4, -0.2) is 28.1 Å². The number of nitrogens with one attached hydrogen (secondary N) is 1. The molecule has 1 aromatic heterocycles. The minimum Gasteiger partial charge on any atom is -0.495 e. The van der Waals surface area contributed by atoms with Crippen LogP contribution in [-0.2, 0) is 12.5 Å². The number of ether oxygens (including phenoxy) is 2. The van der Waals surface area contributed by atoms with Crippen molar-refractivity contribution in [3.05, 3.63) is 68.6 Å². The van der Waals surface area contributed by atoms with Gasteiger partial charge in [-0.3, -0.25) is 9.36 Å². The van der Waals surface area contributed by atoms with Gasteiger partial charge in [-0.2, -0.15) is 0 Å². The average molecular weight is 453 g/mol. The molecule has 0 aliphatic rings. The molecule has 29 heavy (non-hydrogen) atoms. The minimum atomic E-state index is -0.287. The van der Waals surface area contributed by atoms with E-state index in [9.17, 15) is 4.79 Å². The molecule has 0 radical (unpaired) electrons. The largest absolute Gasteiger partial charge is 0.495 e. The van der Waals surface area contributed by atoms with E-state index >= 15 is 0 Å². The minimum absolute atomic E-state index is 0.00348. The molecule has 0 spiro atoms. The molecule has 0 bridgehead atoms. The lowest BCUT2D eigenvalue weighted by Gasteiger charge is -2.14. The maximum absolute atomic E-state index is 12.9. The van der Waals surface area contributed by atoms with E-state index in [1.165, 1.54) is 16.3 Å². The number of hydrogen-bond acceptors (Lipinski definition) is 7. The van der Waals surface area contributed by atoms with E-state index in [0.29, 0.717) is 39.1 Å². The second kappa shape index (κ2) is 9.87. The van der Waals surface area contributed by atoms with Crippen molar-refractivity contribution in [1.29, 1.82) is 0 Å². The van der Waals surface area contributed by atoms with Crippen LogP contribution in [0.1, 0.15) is 5.69 Å². The lowest BCUT2D eigenvalue weighted by Crippen LogP contribution is -2.29. The molecular weight excluding hydrogens is 435 g/mol. The Balaban J connectivity index is 1.83. The summed E-state index contributed by atoms with van der Waals surface area (Å²) in [7, 11) is 1.54. The molecule has 152 valence electrons. The SMILES string of the molecule is COc1ccc(Nc2nnc(COc3ccc(Cl)cc3)c(=O)n2CSC)cc1Cl. The second-order valence-electron chi connectivity index (χ2n) is 5.84. The predicted octanol–water partition coefficient (Wildman–Crippen LogP) is 4.60. The first-order valence-corrected chi connectivity index (χ1v) is 10.6. The van der Waals surface area contributed by atoms with Gasteiger partial charge in [0.15, 0.2) is 5.69 Å². The number of methoxy groups -OCH3 is 1. The summed E-state index contributed by atoms with van der Waals surface area (Å²) in [5.74, 6) is 1.84. The molecule has 0 amide bonds. The van der Waals surface area contributed by atoms with Crippen LogP contribution in [0.4, 0.5) is 11.6 Å². The molecule has 0 aliphatic carbocycles. The van der Waals surface area contributed by atoms with Crippen molar-refractivity contribution in [2.24, 2.45) is 0 Å². The van der Waals surface area contributed by atoms with Crippen molar-refractivity contribution >= 4 is 46.6 Å². The van der Waals surface area contributed by atoms with Crippen molar-refractivity contribution in [2.75, 3.05) is 18.7 Å². The van der Waals surface area contributed by atoms with Gasteiger partial charge in [0.1, 0.15) is 18.1 Å². The number of rotatable bonds is 8. The summed E-state index contributed by atoms with van der Waals surface area (Å²) in [5.41, 5.74) is 0.572. The Morgan fingerprint density at radius 3 is 2.55 bits per heavy atom. The fourth-order valence-electron chi connectivity index (χ4n) is 2.44. The van der Waals surface area contributed by atoms with Gasteiger partial charge in [0.05, 0.1) is 18.0 Å². The number of hydrogen-bond donors (Lipinski definition) is 1. The summed E-state index contributed by atoms with van der Waals surface area (Å²) in [5, 5.41) is 12.3. The normalized spacial score (nSPS) is 10.6. The molecule has 0 unspecified atom stereocenters. The Hall–Kier alpha value is -2.42. The number of thioether (sulfide) groups is 1. The van der Waals surface area contributed by atoms with Gasteiger partial charge in [0.25, 0.3) is 5.56 Å². The number of benzene rings is 2. The van der Waals surface area contributed by atoms with Crippen molar-refractivity contribution in [3.8, 4) is 11.5 Å². The van der Waals surface area contributed by atoms with Crippen LogP contribution in [0.5, 0.6) is 11.5 Å². The third-order valence-electron chi connectivity index (χ3n) is 3.87. The number of halogens is 2. The Bertz CT molecular complexity index is 1040. The molecule has 10 heteroatoms. The predicted molar refractivity (Wildman–Crippen MR) is 117 cm³/mol. The molecule has 0 atom stereocenters. The highest BCUT2D eigenvalue weighted by molar-refractivity contribution is 7.97. The third-order valence-corrected chi connectivity index (χ3v) is 4.93. The monoisotopic (exact) mass is 452 g/mol. The van der Waals surface area contributed by atoms with Crippen molar-refractivity contribution in [3.63, 3.8) is 0 Å². The van der Waals surface area contributed by atoms with Crippen molar-refractivity contribution in [2.45, 2.75) is 12.5 Å². The van der Waals surface area contributed by atoms with Crippen molar-refractivity contribution < 1.29 is 9.47 Å². The lowest BCUT2D eigenvalue weighted by atomic mass is 10.3. The number of aromatic nitrogens is 3. The van der Waals surface area contributed by atoms with E-state index < -0.39 is 0 Å². The second-order valence-corrected chi connectivity index (χ2v) is 7.52. The zero-order valence-electron chi connectivity index (χ0n) is 15.7. The van der Waals surface area contributed by atoms with Gasteiger partial charge < -0.3 is 14.8 Å². The van der Waals surface area contributed by atoms with Gasteiger partial charge >= 0.3 is 0 Å². The highest BCUT2D eigenvalue weighted by atomic mass is 35.5. The summed E-state index contributed by atoms with van der Waals surface area (Å²) >= 11 is 13.5. The molecule has 7 nitrogen and oxygen atoms in total. The summed E-state index contributed by atoms with van der Waals surface area (Å²) in [6.07, 6.45) is 1.89. The van der Waals surface area contributed by atoms with Crippen LogP contribution in [0.3, 0.4) is 0 Å². The van der Waals surface area contributed by atoms with Gasteiger partial charge in [-0.1, -0.05) is 23.2 Å². The average Bonchev–Trinajstić information content (AvgIpc) is 2.71. The lowest BCUT2D eigenvalue weighted by molar-refractivity contribution is 0.296. The van der Waals surface area contributed by atoms with Gasteiger partial charge in [-0.25, -0.2) is 0 Å². The maximum Gasteiger partial charge on any atom is 0.281 e. The molecular formula is C19H18Cl2N4O3S. The first kappa shape index (κ1) is 21.3. The molecule has 2 aromatic carbocycles. The van der Waals surface area contributed by atoms with Crippen LogP contribution in [0.2, 0.25) is 10.0 Å². The topological polar surface area (TPSA) is 78.3 Å². The van der Waals surface area contributed by atoms with Crippen LogP contribution in [0.25, 0.3) is 0 Å².